The van der Waals surface area contributed by atoms with Crippen molar-refractivity contribution in [3.05, 3.63) is 53.6 Å². The van der Waals surface area contributed by atoms with Gasteiger partial charge in [0.15, 0.2) is 0 Å². The highest BCUT2D eigenvalue weighted by atomic mass is 19.4. The zero-order valence-electron chi connectivity index (χ0n) is 17.1. The first-order valence-corrected chi connectivity index (χ1v) is 9.78. The standard InChI is InChI=1S/C22H23F3N2O4/c1-3-19(28)27-21(10-11-21)20(29)26-13-14-4-6-15(7-5-14)31-18-9-8-16(30-2)12-17(18)22(23,24)25/h4-9,12H,3,10-11,13H2,1-2H3,(H,26,29)(H,27,28). The second-order valence-electron chi connectivity index (χ2n) is 7.27. The number of benzene rings is 2. The minimum atomic E-state index is -4.60. The van der Waals surface area contributed by atoms with E-state index in [-0.39, 0.29) is 35.6 Å². The van der Waals surface area contributed by atoms with E-state index < -0.39 is 17.3 Å². The van der Waals surface area contributed by atoms with Gasteiger partial charge in [-0.05, 0) is 48.7 Å². The molecule has 1 saturated carbocycles. The van der Waals surface area contributed by atoms with E-state index in [4.69, 9.17) is 9.47 Å². The molecule has 1 aliphatic rings. The van der Waals surface area contributed by atoms with Crippen molar-refractivity contribution in [1.82, 2.24) is 10.6 Å². The number of nitrogens with one attached hydrogen (secondary N) is 2. The SMILES string of the molecule is CCC(=O)NC1(C(=O)NCc2ccc(Oc3ccc(OC)cc3C(F)(F)F)cc2)CC1. The third-order valence-electron chi connectivity index (χ3n) is 4.98. The van der Waals surface area contributed by atoms with Crippen LogP contribution in [0.2, 0.25) is 0 Å². The van der Waals surface area contributed by atoms with Gasteiger partial charge in [-0.3, -0.25) is 9.59 Å². The van der Waals surface area contributed by atoms with Crippen LogP contribution in [0.1, 0.15) is 37.3 Å². The fourth-order valence-electron chi connectivity index (χ4n) is 2.99. The lowest BCUT2D eigenvalue weighted by molar-refractivity contribution is -0.138. The molecule has 3 rings (SSSR count). The minimum absolute atomic E-state index is 0.0781. The molecule has 0 aromatic heterocycles. The van der Waals surface area contributed by atoms with Crippen molar-refractivity contribution in [2.45, 2.75) is 44.4 Å². The maximum Gasteiger partial charge on any atom is 0.420 e. The van der Waals surface area contributed by atoms with E-state index >= 15 is 0 Å². The summed E-state index contributed by atoms with van der Waals surface area (Å²) in [5, 5.41) is 5.53. The number of rotatable bonds is 8. The van der Waals surface area contributed by atoms with Gasteiger partial charge in [0.25, 0.3) is 0 Å². The highest BCUT2D eigenvalue weighted by Gasteiger charge is 2.50. The van der Waals surface area contributed by atoms with Crippen molar-refractivity contribution in [2.24, 2.45) is 0 Å². The monoisotopic (exact) mass is 436 g/mol. The summed E-state index contributed by atoms with van der Waals surface area (Å²) in [7, 11) is 1.29. The smallest absolute Gasteiger partial charge is 0.420 e. The number of amides is 2. The van der Waals surface area contributed by atoms with E-state index in [0.29, 0.717) is 19.3 Å². The molecule has 0 atom stereocenters. The second kappa shape index (κ2) is 8.87. The van der Waals surface area contributed by atoms with Gasteiger partial charge < -0.3 is 20.1 Å². The molecule has 0 bridgehead atoms. The van der Waals surface area contributed by atoms with Crippen LogP contribution in [0.5, 0.6) is 17.2 Å². The molecule has 0 spiro atoms. The third-order valence-corrected chi connectivity index (χ3v) is 4.98. The summed E-state index contributed by atoms with van der Waals surface area (Å²) in [4.78, 5) is 23.9. The molecule has 0 aliphatic heterocycles. The van der Waals surface area contributed by atoms with Crippen LogP contribution in [0.25, 0.3) is 0 Å². The quantitative estimate of drug-likeness (QED) is 0.651. The molecule has 1 aliphatic carbocycles. The Labute approximate surface area is 177 Å². The average Bonchev–Trinajstić information content (AvgIpc) is 3.53. The maximum atomic E-state index is 13.3. The summed E-state index contributed by atoms with van der Waals surface area (Å²) in [6, 6.07) is 9.82. The largest absolute Gasteiger partial charge is 0.497 e. The summed E-state index contributed by atoms with van der Waals surface area (Å²) in [6.45, 7) is 1.94. The third kappa shape index (κ3) is 5.48. The first-order valence-electron chi connectivity index (χ1n) is 9.78. The fourth-order valence-corrected chi connectivity index (χ4v) is 2.99. The topological polar surface area (TPSA) is 76.7 Å². The van der Waals surface area contributed by atoms with E-state index in [1.807, 2.05) is 0 Å². The van der Waals surface area contributed by atoms with Gasteiger partial charge >= 0.3 is 6.18 Å². The van der Waals surface area contributed by atoms with Gasteiger partial charge in [-0.1, -0.05) is 19.1 Å². The number of carbonyl (C=O) groups excluding carboxylic acids is 2. The molecule has 1 fully saturated rings. The van der Waals surface area contributed by atoms with Crippen LogP contribution in [-0.2, 0) is 22.3 Å². The molecule has 2 aromatic carbocycles. The van der Waals surface area contributed by atoms with Crippen LogP contribution in [0, 0.1) is 0 Å². The van der Waals surface area contributed by atoms with Gasteiger partial charge in [0.1, 0.15) is 28.4 Å². The number of hydrogen-bond acceptors (Lipinski definition) is 4. The number of halogens is 3. The number of ether oxygens (including phenoxy) is 2. The van der Waals surface area contributed by atoms with Gasteiger partial charge in [0.2, 0.25) is 11.8 Å². The minimum Gasteiger partial charge on any atom is -0.497 e. The molecule has 31 heavy (non-hydrogen) atoms. The Balaban J connectivity index is 1.63. The van der Waals surface area contributed by atoms with E-state index in [9.17, 15) is 22.8 Å². The molecule has 0 unspecified atom stereocenters. The van der Waals surface area contributed by atoms with Crippen LogP contribution in [-0.4, -0.2) is 24.5 Å². The molecule has 166 valence electrons. The lowest BCUT2D eigenvalue weighted by atomic mass is 10.1. The first kappa shape index (κ1) is 22.5. The summed E-state index contributed by atoms with van der Waals surface area (Å²) in [5.41, 5.74) is -1.02. The predicted molar refractivity (Wildman–Crippen MR) is 107 cm³/mol. The Morgan fingerprint density at radius 2 is 1.71 bits per heavy atom. The number of carbonyl (C=O) groups is 2. The van der Waals surface area contributed by atoms with Gasteiger partial charge in [-0.25, -0.2) is 0 Å². The zero-order chi connectivity index (χ0) is 22.6. The van der Waals surface area contributed by atoms with Crippen LogP contribution >= 0.6 is 0 Å². The van der Waals surface area contributed by atoms with Gasteiger partial charge in [0.05, 0.1) is 7.11 Å². The number of methoxy groups -OCH3 is 1. The molecule has 2 aromatic rings. The zero-order valence-corrected chi connectivity index (χ0v) is 17.1. The normalized spacial score (nSPS) is 14.5. The van der Waals surface area contributed by atoms with Crippen LogP contribution in [0.15, 0.2) is 42.5 Å². The van der Waals surface area contributed by atoms with E-state index in [1.165, 1.54) is 31.4 Å². The number of alkyl halides is 3. The summed E-state index contributed by atoms with van der Waals surface area (Å²) >= 11 is 0. The highest BCUT2D eigenvalue weighted by molar-refractivity contribution is 5.94. The van der Waals surface area contributed by atoms with Crippen molar-refractivity contribution in [2.75, 3.05) is 7.11 Å². The Bertz CT molecular complexity index is 954. The van der Waals surface area contributed by atoms with Crippen molar-refractivity contribution in [3.63, 3.8) is 0 Å². The van der Waals surface area contributed by atoms with Crippen LogP contribution in [0.4, 0.5) is 13.2 Å². The molecular weight excluding hydrogens is 413 g/mol. The summed E-state index contributed by atoms with van der Waals surface area (Å²) in [6.07, 6.45) is -3.09. The Morgan fingerprint density at radius 1 is 1.06 bits per heavy atom. The second-order valence-corrected chi connectivity index (χ2v) is 7.27. The molecular formula is C22H23F3N2O4. The lowest BCUT2D eigenvalue weighted by Gasteiger charge is -2.17. The number of hydrogen-bond donors (Lipinski definition) is 2. The Hall–Kier alpha value is -3.23. The van der Waals surface area contributed by atoms with Gasteiger partial charge in [0, 0.05) is 13.0 Å². The highest BCUT2D eigenvalue weighted by Crippen LogP contribution is 2.40. The van der Waals surface area contributed by atoms with Crippen LogP contribution in [0.3, 0.4) is 0 Å². The van der Waals surface area contributed by atoms with E-state index in [0.717, 1.165) is 11.6 Å². The Morgan fingerprint density at radius 3 is 2.26 bits per heavy atom. The molecule has 2 amide bonds. The molecule has 0 radical (unpaired) electrons. The molecule has 0 saturated heterocycles. The van der Waals surface area contributed by atoms with Crippen molar-refractivity contribution in [3.8, 4) is 17.2 Å². The summed E-state index contributed by atoms with van der Waals surface area (Å²) < 4.78 is 50.2. The molecule has 2 N–H and O–H groups in total. The molecule has 6 nitrogen and oxygen atoms in total. The van der Waals surface area contributed by atoms with Crippen molar-refractivity contribution >= 4 is 11.8 Å². The Kier molecular flexibility index (Phi) is 6.42. The lowest BCUT2D eigenvalue weighted by Crippen LogP contribution is -2.48. The van der Waals surface area contributed by atoms with Gasteiger partial charge in [-0.15, -0.1) is 0 Å². The van der Waals surface area contributed by atoms with Crippen molar-refractivity contribution < 1.29 is 32.2 Å². The van der Waals surface area contributed by atoms with Crippen molar-refractivity contribution in [1.29, 1.82) is 0 Å². The molecule has 9 heteroatoms. The average molecular weight is 436 g/mol. The fraction of sp³-hybridized carbons (Fsp3) is 0.364. The predicted octanol–water partition coefficient (Wildman–Crippen LogP) is 4.18. The first-order chi connectivity index (χ1) is 14.7. The summed E-state index contributed by atoms with van der Waals surface area (Å²) in [5.74, 6) is -0.459. The van der Waals surface area contributed by atoms with E-state index in [1.54, 1.807) is 19.1 Å². The van der Waals surface area contributed by atoms with Gasteiger partial charge in [-0.2, -0.15) is 13.2 Å². The van der Waals surface area contributed by atoms with E-state index in [2.05, 4.69) is 10.6 Å². The maximum absolute atomic E-state index is 13.3. The van der Waals surface area contributed by atoms with Crippen LogP contribution < -0.4 is 20.1 Å². The molecule has 0 heterocycles.